The largest absolute Gasteiger partial charge is 0.454 e. The Morgan fingerprint density at radius 1 is 1.00 bits per heavy atom. The van der Waals surface area contributed by atoms with Crippen molar-refractivity contribution in [3.63, 3.8) is 0 Å². The highest BCUT2D eigenvalue weighted by Crippen LogP contribution is 2.28. The Morgan fingerprint density at radius 3 is 2.34 bits per heavy atom. The summed E-state index contributed by atoms with van der Waals surface area (Å²) in [6, 6.07) is 6.60. The van der Waals surface area contributed by atoms with Crippen molar-refractivity contribution in [1.29, 1.82) is 0 Å². The fraction of sp³-hybridized carbons (Fsp3) is 0.364. The van der Waals surface area contributed by atoms with Gasteiger partial charge in [-0.1, -0.05) is 0 Å². The van der Waals surface area contributed by atoms with Gasteiger partial charge in [0.15, 0.2) is 6.61 Å². The Bertz CT molecular complexity index is 1130. The standard InChI is InChI=1S/C22H24F2N2O5S/c1-25(2)32(29,30)16-7-9-20(26-10-4-3-5-11-26)18(13-16)22(28)31-14-21(27)17-12-15(23)6-8-19(17)24/h6-9,12-13H,3-5,10-11,14H2,1-2H3. The second-order valence-corrected chi connectivity index (χ2v) is 9.79. The van der Waals surface area contributed by atoms with E-state index in [4.69, 9.17) is 4.74 Å². The normalized spacial score (nSPS) is 14.5. The van der Waals surface area contributed by atoms with Crippen molar-refractivity contribution in [3.8, 4) is 0 Å². The van der Waals surface area contributed by atoms with Gasteiger partial charge in [0.25, 0.3) is 0 Å². The van der Waals surface area contributed by atoms with Crippen LogP contribution in [-0.4, -0.2) is 58.3 Å². The average Bonchev–Trinajstić information content (AvgIpc) is 2.78. The lowest BCUT2D eigenvalue weighted by Gasteiger charge is -2.30. The third kappa shape index (κ3) is 5.13. The topological polar surface area (TPSA) is 84.0 Å². The molecule has 0 atom stereocenters. The molecular formula is C22H24F2N2O5S. The Balaban J connectivity index is 1.89. The maximum absolute atomic E-state index is 13.8. The second kappa shape index (κ2) is 9.74. The molecule has 1 heterocycles. The Hall–Kier alpha value is -2.85. The Labute approximate surface area is 185 Å². The summed E-state index contributed by atoms with van der Waals surface area (Å²) in [5, 5.41) is 0. The van der Waals surface area contributed by atoms with E-state index in [0.29, 0.717) is 18.8 Å². The van der Waals surface area contributed by atoms with E-state index < -0.39 is 45.6 Å². The predicted molar refractivity (Wildman–Crippen MR) is 114 cm³/mol. The van der Waals surface area contributed by atoms with Crippen LogP contribution in [0.4, 0.5) is 14.5 Å². The van der Waals surface area contributed by atoms with Crippen LogP contribution >= 0.6 is 0 Å². The molecule has 172 valence electrons. The van der Waals surface area contributed by atoms with Crippen molar-refractivity contribution in [2.24, 2.45) is 0 Å². The van der Waals surface area contributed by atoms with Gasteiger partial charge in [-0.15, -0.1) is 0 Å². The summed E-state index contributed by atoms with van der Waals surface area (Å²) in [6.07, 6.45) is 2.89. The molecule has 1 aliphatic heterocycles. The van der Waals surface area contributed by atoms with Crippen molar-refractivity contribution < 1.29 is 31.5 Å². The summed E-state index contributed by atoms with van der Waals surface area (Å²) in [4.78, 5) is 27.0. The Morgan fingerprint density at radius 2 is 1.69 bits per heavy atom. The number of sulfonamides is 1. The molecule has 0 radical (unpaired) electrons. The van der Waals surface area contributed by atoms with Gasteiger partial charge in [-0.3, -0.25) is 4.79 Å². The lowest BCUT2D eigenvalue weighted by atomic mass is 10.1. The minimum atomic E-state index is -3.82. The second-order valence-electron chi connectivity index (χ2n) is 7.64. The van der Waals surface area contributed by atoms with Gasteiger partial charge in [-0.05, 0) is 55.7 Å². The van der Waals surface area contributed by atoms with Gasteiger partial charge in [0.1, 0.15) is 11.6 Å². The summed E-state index contributed by atoms with van der Waals surface area (Å²) in [5.41, 5.74) is -0.0443. The van der Waals surface area contributed by atoms with Crippen molar-refractivity contribution in [1.82, 2.24) is 4.31 Å². The van der Waals surface area contributed by atoms with Gasteiger partial charge in [0.2, 0.25) is 15.8 Å². The number of hydrogen-bond acceptors (Lipinski definition) is 6. The molecule has 0 unspecified atom stereocenters. The van der Waals surface area contributed by atoms with E-state index in [0.717, 1.165) is 41.8 Å². The minimum Gasteiger partial charge on any atom is -0.454 e. The summed E-state index contributed by atoms with van der Waals surface area (Å²) in [6.45, 7) is 0.560. The number of hydrogen-bond donors (Lipinski definition) is 0. The van der Waals surface area contributed by atoms with Gasteiger partial charge in [0, 0.05) is 27.2 Å². The van der Waals surface area contributed by atoms with Gasteiger partial charge >= 0.3 is 5.97 Å². The van der Waals surface area contributed by atoms with Crippen LogP contribution in [0.2, 0.25) is 0 Å². The van der Waals surface area contributed by atoms with Crippen LogP contribution in [0.5, 0.6) is 0 Å². The van der Waals surface area contributed by atoms with E-state index in [-0.39, 0.29) is 10.5 Å². The fourth-order valence-corrected chi connectivity index (χ4v) is 4.39. The maximum Gasteiger partial charge on any atom is 0.340 e. The van der Waals surface area contributed by atoms with E-state index in [2.05, 4.69) is 0 Å². The number of carbonyl (C=O) groups excluding carboxylic acids is 2. The molecule has 0 bridgehead atoms. The van der Waals surface area contributed by atoms with Crippen LogP contribution < -0.4 is 4.90 Å². The molecule has 2 aromatic carbocycles. The molecule has 32 heavy (non-hydrogen) atoms. The van der Waals surface area contributed by atoms with Crippen LogP contribution in [0.25, 0.3) is 0 Å². The minimum absolute atomic E-state index is 0.0117. The molecule has 1 aliphatic rings. The molecule has 1 fully saturated rings. The van der Waals surface area contributed by atoms with Gasteiger partial charge in [-0.25, -0.2) is 26.3 Å². The number of piperidine rings is 1. The number of rotatable bonds is 7. The number of benzene rings is 2. The number of Topliss-reactive ketones (excluding diaryl/α,β-unsaturated/α-hetero) is 1. The summed E-state index contributed by atoms with van der Waals surface area (Å²) in [7, 11) is -1.07. The van der Waals surface area contributed by atoms with Crippen molar-refractivity contribution in [2.45, 2.75) is 24.2 Å². The maximum atomic E-state index is 13.8. The van der Waals surface area contributed by atoms with Crippen molar-refractivity contribution in [3.05, 3.63) is 59.2 Å². The number of halogens is 2. The number of anilines is 1. The fourth-order valence-electron chi connectivity index (χ4n) is 3.46. The highest BCUT2D eigenvalue weighted by molar-refractivity contribution is 7.89. The van der Waals surface area contributed by atoms with E-state index in [9.17, 15) is 26.8 Å². The van der Waals surface area contributed by atoms with Crippen LogP contribution in [-0.2, 0) is 14.8 Å². The van der Waals surface area contributed by atoms with Crippen LogP contribution in [0, 0.1) is 11.6 Å². The molecule has 7 nitrogen and oxygen atoms in total. The lowest BCUT2D eigenvalue weighted by molar-refractivity contribution is 0.0473. The van der Waals surface area contributed by atoms with Crippen molar-refractivity contribution >= 4 is 27.5 Å². The average molecular weight is 467 g/mol. The van der Waals surface area contributed by atoms with Gasteiger partial charge in [0.05, 0.1) is 21.7 Å². The first-order chi connectivity index (χ1) is 15.1. The van der Waals surface area contributed by atoms with E-state index >= 15 is 0 Å². The summed E-state index contributed by atoms with van der Waals surface area (Å²) < 4.78 is 58.4. The SMILES string of the molecule is CN(C)S(=O)(=O)c1ccc(N2CCCCC2)c(C(=O)OCC(=O)c2cc(F)ccc2F)c1. The lowest BCUT2D eigenvalue weighted by Crippen LogP contribution is -2.31. The monoisotopic (exact) mass is 466 g/mol. The van der Waals surface area contributed by atoms with Crippen LogP contribution in [0.3, 0.4) is 0 Å². The number of carbonyl (C=O) groups is 2. The molecule has 1 saturated heterocycles. The molecule has 0 N–H and O–H groups in total. The molecule has 0 spiro atoms. The number of nitrogens with zero attached hydrogens (tertiary/aromatic N) is 2. The molecule has 0 aromatic heterocycles. The van der Waals surface area contributed by atoms with E-state index in [1.807, 2.05) is 4.90 Å². The zero-order chi connectivity index (χ0) is 23.5. The molecule has 3 rings (SSSR count). The highest BCUT2D eigenvalue weighted by Gasteiger charge is 2.25. The third-order valence-corrected chi connectivity index (χ3v) is 7.04. The molecule has 2 aromatic rings. The summed E-state index contributed by atoms with van der Waals surface area (Å²) >= 11 is 0. The molecule has 0 saturated carbocycles. The number of esters is 1. The molecule has 10 heteroatoms. The van der Waals surface area contributed by atoms with Gasteiger partial charge in [-0.2, -0.15) is 0 Å². The van der Waals surface area contributed by atoms with E-state index in [1.54, 1.807) is 6.07 Å². The predicted octanol–water partition coefficient (Wildman–Crippen LogP) is 3.25. The van der Waals surface area contributed by atoms with Crippen LogP contribution in [0.1, 0.15) is 40.0 Å². The Kier molecular flexibility index (Phi) is 7.25. The number of ether oxygens (including phenoxy) is 1. The van der Waals surface area contributed by atoms with E-state index in [1.165, 1.54) is 26.2 Å². The molecular weight excluding hydrogens is 442 g/mol. The summed E-state index contributed by atoms with van der Waals surface area (Å²) in [5.74, 6) is -3.56. The molecule has 0 aliphatic carbocycles. The first-order valence-corrected chi connectivity index (χ1v) is 11.5. The van der Waals surface area contributed by atoms with Crippen LogP contribution in [0.15, 0.2) is 41.3 Å². The first-order valence-electron chi connectivity index (χ1n) is 10.1. The van der Waals surface area contributed by atoms with Crippen molar-refractivity contribution in [2.75, 3.05) is 38.7 Å². The molecule has 0 amide bonds. The number of ketones is 1. The zero-order valence-electron chi connectivity index (χ0n) is 17.8. The first kappa shape index (κ1) is 23.8. The quantitative estimate of drug-likeness (QED) is 0.460. The van der Waals surface area contributed by atoms with Gasteiger partial charge < -0.3 is 9.64 Å². The smallest absolute Gasteiger partial charge is 0.340 e. The highest BCUT2D eigenvalue weighted by atomic mass is 32.2. The zero-order valence-corrected chi connectivity index (χ0v) is 18.6. The third-order valence-electron chi connectivity index (χ3n) is 5.23.